The first-order chi connectivity index (χ1) is 10.0. The molecule has 0 fully saturated rings. The van der Waals surface area contributed by atoms with Crippen LogP contribution in [0.3, 0.4) is 0 Å². The van der Waals surface area contributed by atoms with Crippen LogP contribution < -0.4 is 5.48 Å². The van der Waals surface area contributed by atoms with Gasteiger partial charge in [0.1, 0.15) is 6.04 Å². The summed E-state index contributed by atoms with van der Waals surface area (Å²) >= 11 is 0. The minimum absolute atomic E-state index is 0.0250. The number of ether oxygens (including phenoxy) is 1. The van der Waals surface area contributed by atoms with E-state index in [9.17, 15) is 14.4 Å². The van der Waals surface area contributed by atoms with Gasteiger partial charge in [-0.05, 0) is 12.0 Å². The molecule has 0 saturated heterocycles. The zero-order valence-electron chi connectivity index (χ0n) is 11.6. The Hall–Kier alpha value is -2.41. The van der Waals surface area contributed by atoms with Gasteiger partial charge >= 0.3 is 17.9 Å². The third-order valence-electron chi connectivity index (χ3n) is 2.67. The number of hydrogen-bond donors (Lipinski definition) is 2. The fraction of sp³-hybridized carbons (Fsp3) is 0.357. The van der Waals surface area contributed by atoms with E-state index in [1.807, 2.05) is 6.07 Å². The van der Waals surface area contributed by atoms with Crippen LogP contribution >= 0.6 is 0 Å². The van der Waals surface area contributed by atoms with E-state index in [-0.39, 0.29) is 19.3 Å². The molecule has 7 heteroatoms. The Morgan fingerprint density at radius 2 is 1.86 bits per heavy atom. The molecule has 21 heavy (non-hydrogen) atoms. The third kappa shape index (κ3) is 6.53. The lowest BCUT2D eigenvalue weighted by Gasteiger charge is -2.13. The van der Waals surface area contributed by atoms with Crippen molar-refractivity contribution in [2.75, 3.05) is 7.11 Å². The first-order valence-electron chi connectivity index (χ1n) is 6.31. The van der Waals surface area contributed by atoms with Crippen LogP contribution in [0, 0.1) is 0 Å². The van der Waals surface area contributed by atoms with E-state index in [1.54, 1.807) is 24.3 Å². The molecule has 1 aromatic rings. The van der Waals surface area contributed by atoms with Crippen LogP contribution in [0.2, 0.25) is 0 Å². The van der Waals surface area contributed by atoms with Crippen molar-refractivity contribution in [3.05, 3.63) is 35.9 Å². The molecular formula is C14H17NO6. The van der Waals surface area contributed by atoms with Crippen molar-refractivity contribution in [2.24, 2.45) is 0 Å². The van der Waals surface area contributed by atoms with Crippen LogP contribution in [-0.2, 0) is 30.4 Å². The SMILES string of the molecule is COC(=O)CC[C@@H](NOC(=O)Cc1ccccc1)C(=O)O. The Morgan fingerprint density at radius 1 is 1.19 bits per heavy atom. The summed E-state index contributed by atoms with van der Waals surface area (Å²) in [4.78, 5) is 38.2. The van der Waals surface area contributed by atoms with E-state index < -0.39 is 23.9 Å². The Morgan fingerprint density at radius 3 is 2.43 bits per heavy atom. The molecular weight excluding hydrogens is 278 g/mol. The van der Waals surface area contributed by atoms with Crippen LogP contribution in [-0.4, -0.2) is 36.2 Å². The number of benzene rings is 1. The molecule has 0 amide bonds. The Balaban J connectivity index is 2.40. The topological polar surface area (TPSA) is 102 Å². The quantitative estimate of drug-likeness (QED) is 0.537. The lowest BCUT2D eigenvalue weighted by atomic mass is 10.1. The van der Waals surface area contributed by atoms with Gasteiger partial charge in [0.2, 0.25) is 0 Å². The van der Waals surface area contributed by atoms with Crippen LogP contribution in [0.1, 0.15) is 18.4 Å². The van der Waals surface area contributed by atoms with Crippen molar-refractivity contribution < 1.29 is 29.1 Å². The van der Waals surface area contributed by atoms with E-state index in [1.165, 1.54) is 7.11 Å². The molecule has 1 aromatic carbocycles. The fourth-order valence-electron chi connectivity index (χ4n) is 1.53. The molecule has 0 radical (unpaired) electrons. The maximum atomic E-state index is 11.6. The lowest BCUT2D eigenvalue weighted by molar-refractivity contribution is -0.157. The standard InChI is InChI=1S/C14H17NO6/c1-20-12(16)8-7-11(14(18)19)15-21-13(17)9-10-5-3-2-4-6-10/h2-6,11,15H,7-9H2,1H3,(H,18,19)/t11-/m1/s1. The van der Waals surface area contributed by atoms with Crippen LogP contribution in [0.4, 0.5) is 0 Å². The van der Waals surface area contributed by atoms with Crippen LogP contribution in [0.25, 0.3) is 0 Å². The summed E-state index contributed by atoms with van der Waals surface area (Å²) in [5, 5.41) is 8.96. The zero-order valence-corrected chi connectivity index (χ0v) is 11.6. The van der Waals surface area contributed by atoms with Gasteiger partial charge in [-0.1, -0.05) is 30.3 Å². The number of carbonyl (C=O) groups excluding carboxylic acids is 2. The minimum Gasteiger partial charge on any atom is -0.480 e. The fourth-order valence-corrected chi connectivity index (χ4v) is 1.53. The summed E-state index contributed by atoms with van der Waals surface area (Å²) in [5.74, 6) is -2.35. The van der Waals surface area contributed by atoms with Crippen molar-refractivity contribution >= 4 is 17.9 Å². The normalized spacial score (nSPS) is 11.5. The molecule has 7 nitrogen and oxygen atoms in total. The number of aliphatic carboxylic acids is 1. The van der Waals surface area contributed by atoms with Gasteiger partial charge < -0.3 is 14.7 Å². The molecule has 0 saturated carbocycles. The molecule has 0 bridgehead atoms. The van der Waals surface area contributed by atoms with Gasteiger partial charge in [-0.3, -0.25) is 14.4 Å². The van der Waals surface area contributed by atoms with Crippen molar-refractivity contribution in [1.29, 1.82) is 0 Å². The second-order valence-corrected chi connectivity index (χ2v) is 4.26. The molecule has 1 atom stereocenters. The largest absolute Gasteiger partial charge is 0.480 e. The summed E-state index contributed by atoms with van der Waals surface area (Å²) in [7, 11) is 1.21. The third-order valence-corrected chi connectivity index (χ3v) is 2.67. The number of carboxylic acid groups (broad SMARTS) is 1. The molecule has 0 aromatic heterocycles. The smallest absolute Gasteiger partial charge is 0.329 e. The van der Waals surface area contributed by atoms with Crippen molar-refractivity contribution in [1.82, 2.24) is 5.48 Å². The number of hydroxylamine groups is 1. The molecule has 0 heterocycles. The predicted octanol–water partition coefficient (Wildman–Crippen LogP) is 0.683. The molecule has 1 rings (SSSR count). The highest BCUT2D eigenvalue weighted by Gasteiger charge is 2.20. The Bertz CT molecular complexity index is 487. The molecule has 0 aliphatic rings. The number of carboxylic acids is 1. The minimum atomic E-state index is -1.22. The molecule has 0 unspecified atom stereocenters. The highest BCUT2D eigenvalue weighted by atomic mass is 16.7. The maximum absolute atomic E-state index is 11.6. The van der Waals surface area contributed by atoms with E-state index in [0.717, 1.165) is 5.56 Å². The number of rotatable bonds is 8. The monoisotopic (exact) mass is 295 g/mol. The predicted molar refractivity (Wildman–Crippen MR) is 72.0 cm³/mol. The van der Waals surface area contributed by atoms with Gasteiger partial charge in [-0.25, -0.2) is 0 Å². The summed E-state index contributed by atoms with van der Waals surface area (Å²) in [6.45, 7) is 0. The van der Waals surface area contributed by atoms with Gasteiger partial charge in [0.15, 0.2) is 0 Å². The van der Waals surface area contributed by atoms with Gasteiger partial charge in [0.05, 0.1) is 13.5 Å². The Labute approximate surface area is 121 Å². The maximum Gasteiger partial charge on any atom is 0.329 e. The summed E-state index contributed by atoms with van der Waals surface area (Å²) in [6.07, 6.45) is -0.103. The second kappa shape index (κ2) is 8.70. The zero-order chi connectivity index (χ0) is 15.7. The van der Waals surface area contributed by atoms with Crippen LogP contribution in [0.15, 0.2) is 30.3 Å². The average Bonchev–Trinajstić information content (AvgIpc) is 2.47. The van der Waals surface area contributed by atoms with E-state index in [2.05, 4.69) is 10.2 Å². The number of carbonyl (C=O) groups is 3. The van der Waals surface area contributed by atoms with E-state index >= 15 is 0 Å². The first kappa shape index (κ1) is 16.6. The van der Waals surface area contributed by atoms with Gasteiger partial charge in [-0.2, -0.15) is 0 Å². The second-order valence-electron chi connectivity index (χ2n) is 4.26. The van der Waals surface area contributed by atoms with Gasteiger partial charge in [0, 0.05) is 6.42 Å². The number of methoxy groups -OCH3 is 1. The number of nitrogens with one attached hydrogen (secondary N) is 1. The Kier molecular flexibility index (Phi) is 6.90. The highest BCUT2D eigenvalue weighted by molar-refractivity contribution is 5.76. The van der Waals surface area contributed by atoms with Gasteiger partial charge in [-0.15, -0.1) is 5.48 Å². The summed E-state index contributed by atoms with van der Waals surface area (Å²) < 4.78 is 4.42. The van der Waals surface area contributed by atoms with Crippen molar-refractivity contribution in [3.8, 4) is 0 Å². The average molecular weight is 295 g/mol. The number of hydrogen-bond acceptors (Lipinski definition) is 6. The van der Waals surface area contributed by atoms with Crippen molar-refractivity contribution in [2.45, 2.75) is 25.3 Å². The first-order valence-corrected chi connectivity index (χ1v) is 6.31. The summed E-state index contributed by atoms with van der Waals surface area (Å²) in [5.41, 5.74) is 2.92. The van der Waals surface area contributed by atoms with E-state index in [0.29, 0.717) is 0 Å². The van der Waals surface area contributed by atoms with Crippen LogP contribution in [0.5, 0.6) is 0 Å². The summed E-state index contributed by atoms with van der Waals surface area (Å²) in [6, 6.07) is 7.74. The lowest BCUT2D eigenvalue weighted by Crippen LogP contribution is -2.39. The molecule has 2 N–H and O–H groups in total. The number of esters is 1. The van der Waals surface area contributed by atoms with Gasteiger partial charge in [0.25, 0.3) is 0 Å². The molecule has 0 aliphatic carbocycles. The van der Waals surface area contributed by atoms with E-state index in [4.69, 9.17) is 9.94 Å². The molecule has 0 spiro atoms. The molecule has 0 aliphatic heterocycles. The highest BCUT2D eigenvalue weighted by Crippen LogP contribution is 2.02. The molecule has 114 valence electrons. The van der Waals surface area contributed by atoms with Crippen molar-refractivity contribution in [3.63, 3.8) is 0 Å².